The lowest BCUT2D eigenvalue weighted by Gasteiger charge is -2.25. The van der Waals surface area contributed by atoms with Gasteiger partial charge in [0.05, 0.1) is 24.0 Å². The van der Waals surface area contributed by atoms with Gasteiger partial charge in [-0.2, -0.15) is 9.57 Å². The van der Waals surface area contributed by atoms with Crippen LogP contribution in [0.4, 0.5) is 0 Å². The van der Waals surface area contributed by atoms with E-state index >= 15 is 0 Å². The summed E-state index contributed by atoms with van der Waals surface area (Å²) in [6, 6.07) is 8.55. The van der Waals surface area contributed by atoms with E-state index in [-0.39, 0.29) is 11.3 Å². The van der Waals surface area contributed by atoms with Crippen molar-refractivity contribution in [2.24, 2.45) is 0 Å². The number of hydrogen-bond donors (Lipinski definition) is 0. The first-order valence-electron chi connectivity index (χ1n) is 6.71. The molecule has 6 heteroatoms. The summed E-state index contributed by atoms with van der Waals surface area (Å²) < 4.78 is 31.6. The predicted molar refractivity (Wildman–Crippen MR) is 79.1 cm³/mol. The summed E-state index contributed by atoms with van der Waals surface area (Å²) in [5.74, 6) is 0. The highest BCUT2D eigenvalue weighted by Crippen LogP contribution is 2.21. The molecule has 21 heavy (non-hydrogen) atoms. The van der Waals surface area contributed by atoms with Crippen LogP contribution in [0.5, 0.6) is 0 Å². The van der Waals surface area contributed by atoms with Gasteiger partial charge in [0.25, 0.3) is 0 Å². The van der Waals surface area contributed by atoms with Gasteiger partial charge >= 0.3 is 0 Å². The minimum Gasteiger partial charge on any atom is -0.380 e. The highest BCUT2D eigenvalue weighted by atomic mass is 32.2. The number of benzene rings is 1. The first-order chi connectivity index (χ1) is 10.1. The summed E-state index contributed by atoms with van der Waals surface area (Å²) in [6.45, 7) is 1.40. The summed E-state index contributed by atoms with van der Waals surface area (Å²) in [6.07, 6.45) is 2.89. The molecule has 0 N–H and O–H groups in total. The van der Waals surface area contributed by atoms with E-state index in [4.69, 9.17) is 10.00 Å². The minimum absolute atomic E-state index is 0.271. The van der Waals surface area contributed by atoms with Crippen molar-refractivity contribution in [1.82, 2.24) is 4.31 Å². The molecule has 112 valence electrons. The van der Waals surface area contributed by atoms with Crippen LogP contribution in [0.3, 0.4) is 0 Å². The Morgan fingerprint density at radius 1 is 1.33 bits per heavy atom. The summed E-state index contributed by atoms with van der Waals surface area (Å²) in [7, 11) is -1.84. The van der Waals surface area contributed by atoms with Gasteiger partial charge in [-0.3, -0.25) is 0 Å². The summed E-state index contributed by atoms with van der Waals surface area (Å²) in [5, 5.41) is 8.63. The molecule has 2 rings (SSSR count). The molecule has 0 aromatic heterocycles. The Kier molecular flexibility index (Phi) is 5.12. The molecule has 1 aliphatic rings. The topological polar surface area (TPSA) is 70.4 Å². The molecule has 0 unspecified atom stereocenters. The summed E-state index contributed by atoms with van der Waals surface area (Å²) in [5.41, 5.74) is 1.95. The molecule has 0 saturated heterocycles. The molecule has 0 amide bonds. The zero-order chi connectivity index (χ0) is 15.3. The number of nitriles is 1. The van der Waals surface area contributed by atoms with Crippen LogP contribution >= 0.6 is 0 Å². The third-order valence-electron chi connectivity index (χ3n) is 3.44. The second-order valence-electron chi connectivity index (χ2n) is 4.89. The normalized spacial score (nSPS) is 16.3. The zero-order valence-electron chi connectivity index (χ0n) is 11.9. The summed E-state index contributed by atoms with van der Waals surface area (Å²) in [4.78, 5) is 0.271. The van der Waals surface area contributed by atoms with Crippen molar-refractivity contribution in [2.45, 2.75) is 17.7 Å². The standard InChI is InChI=1S/C15H18N2O3S/c1-20-12-14-7-10-17(11-8-14)21(18,19)15-4-2-13(3-5-15)6-9-16/h2-5,7H,6,8,10-12H2,1H3. The van der Waals surface area contributed by atoms with Gasteiger partial charge in [-0.15, -0.1) is 0 Å². The number of ether oxygens (including phenoxy) is 1. The third kappa shape index (κ3) is 3.70. The lowest BCUT2D eigenvalue weighted by atomic mass is 10.1. The Bertz CT molecular complexity index is 657. The van der Waals surface area contributed by atoms with E-state index in [2.05, 4.69) is 0 Å². The quantitative estimate of drug-likeness (QED) is 0.777. The first kappa shape index (κ1) is 15.7. The average Bonchev–Trinajstić information content (AvgIpc) is 2.49. The predicted octanol–water partition coefficient (Wildman–Crippen LogP) is 1.72. The zero-order valence-corrected chi connectivity index (χ0v) is 12.8. The maximum Gasteiger partial charge on any atom is 0.243 e. The third-order valence-corrected chi connectivity index (χ3v) is 5.32. The van der Waals surface area contributed by atoms with Gasteiger partial charge < -0.3 is 4.74 Å². The average molecular weight is 306 g/mol. The van der Waals surface area contributed by atoms with Crippen molar-refractivity contribution in [3.05, 3.63) is 41.5 Å². The Labute approximate surface area is 125 Å². The molecule has 0 saturated carbocycles. The van der Waals surface area contributed by atoms with Crippen LogP contribution in [-0.4, -0.2) is 39.5 Å². The molecule has 0 aliphatic carbocycles. The Balaban J connectivity index is 2.14. The van der Waals surface area contributed by atoms with E-state index in [1.807, 2.05) is 12.1 Å². The molecule has 1 aliphatic heterocycles. The van der Waals surface area contributed by atoms with Crippen molar-refractivity contribution in [3.8, 4) is 6.07 Å². The fourth-order valence-electron chi connectivity index (χ4n) is 2.25. The minimum atomic E-state index is -3.47. The molecular weight excluding hydrogens is 288 g/mol. The monoisotopic (exact) mass is 306 g/mol. The number of rotatable bonds is 5. The van der Waals surface area contributed by atoms with E-state index in [0.29, 0.717) is 26.1 Å². The number of nitrogens with zero attached hydrogens (tertiary/aromatic N) is 2. The van der Waals surface area contributed by atoms with Crippen molar-refractivity contribution in [3.63, 3.8) is 0 Å². The Morgan fingerprint density at radius 3 is 2.57 bits per heavy atom. The Hall–Kier alpha value is -1.68. The lowest BCUT2D eigenvalue weighted by Crippen LogP contribution is -2.35. The number of hydrogen-bond acceptors (Lipinski definition) is 4. The van der Waals surface area contributed by atoms with Crippen LogP contribution in [0, 0.1) is 11.3 Å². The van der Waals surface area contributed by atoms with Crippen LogP contribution in [0.15, 0.2) is 40.8 Å². The maximum atomic E-state index is 12.5. The molecular formula is C15H18N2O3S. The lowest BCUT2D eigenvalue weighted by molar-refractivity contribution is 0.219. The van der Waals surface area contributed by atoms with E-state index in [9.17, 15) is 8.42 Å². The first-order valence-corrected chi connectivity index (χ1v) is 8.15. The molecule has 0 spiro atoms. The molecule has 1 aromatic carbocycles. The fraction of sp³-hybridized carbons (Fsp3) is 0.400. The van der Waals surface area contributed by atoms with Crippen molar-refractivity contribution < 1.29 is 13.2 Å². The van der Waals surface area contributed by atoms with Crippen LogP contribution in [-0.2, 0) is 21.2 Å². The maximum absolute atomic E-state index is 12.5. The van der Waals surface area contributed by atoms with Gasteiger partial charge in [0.2, 0.25) is 10.0 Å². The van der Waals surface area contributed by atoms with E-state index < -0.39 is 10.0 Å². The van der Waals surface area contributed by atoms with Crippen molar-refractivity contribution in [2.75, 3.05) is 26.8 Å². The fourth-order valence-corrected chi connectivity index (χ4v) is 3.63. The Morgan fingerprint density at radius 2 is 2.05 bits per heavy atom. The second kappa shape index (κ2) is 6.85. The molecule has 0 fully saturated rings. The second-order valence-corrected chi connectivity index (χ2v) is 6.83. The van der Waals surface area contributed by atoms with Crippen LogP contribution in [0.2, 0.25) is 0 Å². The van der Waals surface area contributed by atoms with Gasteiger partial charge in [-0.25, -0.2) is 8.42 Å². The molecule has 0 radical (unpaired) electrons. The van der Waals surface area contributed by atoms with Gasteiger partial charge in [0.15, 0.2) is 0 Å². The highest BCUT2D eigenvalue weighted by Gasteiger charge is 2.25. The van der Waals surface area contributed by atoms with Gasteiger partial charge in [0, 0.05) is 20.2 Å². The molecule has 5 nitrogen and oxygen atoms in total. The molecule has 0 bridgehead atoms. The van der Waals surface area contributed by atoms with Crippen LogP contribution < -0.4 is 0 Å². The van der Waals surface area contributed by atoms with E-state index in [1.165, 1.54) is 4.31 Å². The molecule has 0 atom stereocenters. The molecule has 1 heterocycles. The number of methoxy groups -OCH3 is 1. The van der Waals surface area contributed by atoms with Gasteiger partial charge in [-0.05, 0) is 29.7 Å². The number of sulfonamides is 1. The van der Waals surface area contributed by atoms with Crippen molar-refractivity contribution >= 4 is 10.0 Å². The van der Waals surface area contributed by atoms with Gasteiger partial charge in [-0.1, -0.05) is 18.2 Å². The van der Waals surface area contributed by atoms with E-state index in [0.717, 1.165) is 11.1 Å². The SMILES string of the molecule is COCC1=CCN(S(=O)(=O)c2ccc(CC#N)cc2)CC1. The van der Waals surface area contributed by atoms with Crippen molar-refractivity contribution in [1.29, 1.82) is 5.26 Å². The smallest absolute Gasteiger partial charge is 0.243 e. The molecule has 1 aromatic rings. The van der Waals surface area contributed by atoms with E-state index in [1.54, 1.807) is 31.4 Å². The van der Waals surface area contributed by atoms with Crippen LogP contribution in [0.25, 0.3) is 0 Å². The summed E-state index contributed by atoms with van der Waals surface area (Å²) >= 11 is 0. The largest absolute Gasteiger partial charge is 0.380 e. The highest BCUT2D eigenvalue weighted by molar-refractivity contribution is 7.89. The van der Waals surface area contributed by atoms with Gasteiger partial charge in [0.1, 0.15) is 0 Å². The van der Waals surface area contributed by atoms with Crippen LogP contribution in [0.1, 0.15) is 12.0 Å².